The van der Waals surface area contributed by atoms with Gasteiger partial charge in [0, 0.05) is 25.4 Å². The molecule has 2 atom stereocenters. The van der Waals surface area contributed by atoms with Gasteiger partial charge >= 0.3 is 0 Å². The smallest absolute Gasteiger partial charge is 0.227 e. The average Bonchev–Trinajstić information content (AvgIpc) is 3.23. The quantitative estimate of drug-likeness (QED) is 0.655. The van der Waals surface area contributed by atoms with E-state index in [-0.39, 0.29) is 17.6 Å². The molecule has 1 aromatic heterocycles. The second-order valence-electron chi connectivity index (χ2n) is 7.44. The summed E-state index contributed by atoms with van der Waals surface area (Å²) in [5, 5.41) is 0. The van der Waals surface area contributed by atoms with Gasteiger partial charge in [-0.15, -0.1) is 0 Å². The highest BCUT2D eigenvalue weighted by Crippen LogP contribution is 2.34. The number of rotatable bonds is 5. The molecule has 4 nitrogen and oxygen atoms in total. The number of hydrogen-bond acceptors (Lipinski definition) is 2. The lowest BCUT2D eigenvalue weighted by Crippen LogP contribution is -2.25. The number of carbonyl (C=O) groups excluding carboxylic acids is 1. The van der Waals surface area contributed by atoms with E-state index in [1.165, 1.54) is 6.07 Å². The van der Waals surface area contributed by atoms with Crippen LogP contribution in [0, 0.1) is 11.7 Å². The van der Waals surface area contributed by atoms with E-state index in [0.29, 0.717) is 24.6 Å². The van der Waals surface area contributed by atoms with E-state index in [0.717, 1.165) is 29.8 Å². The predicted molar refractivity (Wildman–Crippen MR) is 105 cm³/mol. The van der Waals surface area contributed by atoms with E-state index in [1.807, 2.05) is 18.2 Å². The van der Waals surface area contributed by atoms with Crippen LogP contribution in [-0.2, 0) is 11.3 Å². The number of imidazole rings is 1. The molecule has 1 aliphatic rings. The lowest BCUT2D eigenvalue weighted by molar-refractivity contribution is -0.117. The van der Waals surface area contributed by atoms with E-state index >= 15 is 0 Å². The molecule has 0 spiro atoms. The van der Waals surface area contributed by atoms with Crippen LogP contribution in [0.3, 0.4) is 0 Å². The SMILES string of the molecule is CC[C@H](C)Cn1c([C@H]2CC(=O)N(c3ccccc3F)C2)nc2ccccc21. The Morgan fingerprint density at radius 2 is 1.93 bits per heavy atom. The highest BCUT2D eigenvalue weighted by Gasteiger charge is 2.35. The van der Waals surface area contributed by atoms with Crippen molar-refractivity contribution in [1.29, 1.82) is 0 Å². The molecule has 27 heavy (non-hydrogen) atoms. The molecule has 2 aromatic carbocycles. The van der Waals surface area contributed by atoms with Crippen molar-refractivity contribution in [3.8, 4) is 0 Å². The highest BCUT2D eigenvalue weighted by molar-refractivity contribution is 5.96. The van der Waals surface area contributed by atoms with Gasteiger partial charge < -0.3 is 9.47 Å². The first-order valence-corrected chi connectivity index (χ1v) is 9.58. The molecule has 2 heterocycles. The normalized spacial score (nSPS) is 18.4. The second kappa shape index (κ2) is 7.14. The fourth-order valence-electron chi connectivity index (χ4n) is 3.82. The first-order chi connectivity index (χ1) is 13.1. The molecule has 0 aliphatic carbocycles. The van der Waals surface area contributed by atoms with Crippen molar-refractivity contribution in [2.45, 2.75) is 39.2 Å². The summed E-state index contributed by atoms with van der Waals surface area (Å²) in [6.45, 7) is 5.74. The van der Waals surface area contributed by atoms with Crippen LogP contribution in [-0.4, -0.2) is 22.0 Å². The van der Waals surface area contributed by atoms with Gasteiger partial charge in [-0.25, -0.2) is 9.37 Å². The van der Waals surface area contributed by atoms with Gasteiger partial charge in [-0.1, -0.05) is 44.5 Å². The van der Waals surface area contributed by atoms with E-state index in [9.17, 15) is 9.18 Å². The van der Waals surface area contributed by atoms with Crippen LogP contribution in [0.25, 0.3) is 11.0 Å². The van der Waals surface area contributed by atoms with Gasteiger partial charge in [0.15, 0.2) is 0 Å². The maximum atomic E-state index is 14.2. The molecule has 1 fully saturated rings. The number of para-hydroxylation sites is 3. The van der Waals surface area contributed by atoms with E-state index < -0.39 is 0 Å². The number of benzene rings is 2. The van der Waals surface area contributed by atoms with Gasteiger partial charge in [-0.05, 0) is 30.2 Å². The van der Waals surface area contributed by atoms with E-state index in [1.54, 1.807) is 23.1 Å². The van der Waals surface area contributed by atoms with Crippen molar-refractivity contribution < 1.29 is 9.18 Å². The second-order valence-corrected chi connectivity index (χ2v) is 7.44. The molecule has 0 bridgehead atoms. The number of amides is 1. The average molecular weight is 365 g/mol. The Kier molecular flexibility index (Phi) is 4.68. The molecule has 0 unspecified atom stereocenters. The molecule has 1 amide bonds. The Bertz CT molecular complexity index is 981. The van der Waals surface area contributed by atoms with Gasteiger partial charge in [0.2, 0.25) is 5.91 Å². The number of nitrogens with zero attached hydrogens (tertiary/aromatic N) is 3. The molecular formula is C22H24FN3O. The first kappa shape index (κ1) is 17.7. The van der Waals surface area contributed by atoms with Crippen molar-refractivity contribution in [3.05, 3.63) is 60.2 Å². The predicted octanol–water partition coefficient (Wildman–Crippen LogP) is 4.74. The van der Waals surface area contributed by atoms with E-state index in [4.69, 9.17) is 4.98 Å². The summed E-state index contributed by atoms with van der Waals surface area (Å²) >= 11 is 0. The maximum absolute atomic E-state index is 14.2. The van der Waals surface area contributed by atoms with Gasteiger partial charge in [0.05, 0.1) is 16.7 Å². The lowest BCUT2D eigenvalue weighted by Gasteiger charge is -2.19. The van der Waals surface area contributed by atoms with Crippen LogP contribution in [0.1, 0.15) is 38.4 Å². The number of fused-ring (bicyclic) bond motifs is 1. The summed E-state index contributed by atoms with van der Waals surface area (Å²) in [5.74, 6) is 1.00. The summed E-state index contributed by atoms with van der Waals surface area (Å²) in [6.07, 6.45) is 1.44. The summed E-state index contributed by atoms with van der Waals surface area (Å²) in [6, 6.07) is 14.6. The summed E-state index contributed by atoms with van der Waals surface area (Å²) in [5.41, 5.74) is 2.41. The zero-order valence-corrected chi connectivity index (χ0v) is 15.7. The van der Waals surface area contributed by atoms with Crippen LogP contribution < -0.4 is 4.90 Å². The molecule has 5 heteroatoms. The Labute approximate surface area is 158 Å². The van der Waals surface area contributed by atoms with Crippen LogP contribution in [0.4, 0.5) is 10.1 Å². The summed E-state index contributed by atoms with van der Waals surface area (Å²) in [4.78, 5) is 19.1. The van der Waals surface area contributed by atoms with Gasteiger partial charge in [-0.2, -0.15) is 0 Å². The van der Waals surface area contributed by atoms with Crippen LogP contribution in [0.5, 0.6) is 0 Å². The molecule has 4 rings (SSSR count). The van der Waals surface area contributed by atoms with Gasteiger partial charge in [0.25, 0.3) is 0 Å². The Morgan fingerprint density at radius 1 is 1.19 bits per heavy atom. The summed E-state index contributed by atoms with van der Waals surface area (Å²) in [7, 11) is 0. The van der Waals surface area contributed by atoms with Crippen molar-refractivity contribution in [2.75, 3.05) is 11.4 Å². The molecular weight excluding hydrogens is 341 g/mol. The molecule has 140 valence electrons. The number of carbonyl (C=O) groups is 1. The van der Waals surface area contributed by atoms with Crippen molar-refractivity contribution in [2.24, 2.45) is 5.92 Å². The third kappa shape index (κ3) is 3.22. The van der Waals surface area contributed by atoms with Gasteiger partial charge in [-0.3, -0.25) is 4.79 Å². The Balaban J connectivity index is 1.71. The number of anilines is 1. The third-order valence-electron chi connectivity index (χ3n) is 5.51. The van der Waals surface area contributed by atoms with Crippen LogP contribution >= 0.6 is 0 Å². The third-order valence-corrected chi connectivity index (χ3v) is 5.51. The monoisotopic (exact) mass is 365 g/mol. The summed E-state index contributed by atoms with van der Waals surface area (Å²) < 4.78 is 16.5. The fourth-order valence-corrected chi connectivity index (χ4v) is 3.82. The highest BCUT2D eigenvalue weighted by atomic mass is 19.1. The van der Waals surface area contributed by atoms with Crippen LogP contribution in [0.2, 0.25) is 0 Å². The standard InChI is InChI=1S/C22H24FN3O/c1-3-15(2)13-26-20-11-7-5-9-18(20)24-22(26)16-12-21(27)25(14-16)19-10-6-4-8-17(19)23/h4-11,15-16H,3,12-14H2,1-2H3/t15-,16-/m0/s1. The van der Waals surface area contributed by atoms with Crippen molar-refractivity contribution in [3.63, 3.8) is 0 Å². The molecule has 1 saturated heterocycles. The largest absolute Gasteiger partial charge is 0.327 e. The lowest BCUT2D eigenvalue weighted by atomic mass is 10.1. The molecule has 0 radical (unpaired) electrons. The minimum atomic E-state index is -0.361. The molecule has 0 saturated carbocycles. The number of aromatic nitrogens is 2. The van der Waals surface area contributed by atoms with E-state index in [2.05, 4.69) is 24.5 Å². The van der Waals surface area contributed by atoms with Crippen molar-refractivity contribution >= 4 is 22.6 Å². The minimum Gasteiger partial charge on any atom is -0.327 e. The van der Waals surface area contributed by atoms with Crippen LogP contribution in [0.15, 0.2) is 48.5 Å². The minimum absolute atomic E-state index is 0.0337. The maximum Gasteiger partial charge on any atom is 0.227 e. The zero-order chi connectivity index (χ0) is 19.0. The molecule has 0 N–H and O–H groups in total. The first-order valence-electron chi connectivity index (χ1n) is 9.58. The molecule has 3 aromatic rings. The Hall–Kier alpha value is -2.69. The number of hydrogen-bond donors (Lipinski definition) is 0. The Morgan fingerprint density at radius 3 is 2.70 bits per heavy atom. The van der Waals surface area contributed by atoms with Crippen molar-refractivity contribution in [1.82, 2.24) is 9.55 Å². The zero-order valence-electron chi connectivity index (χ0n) is 15.7. The number of halogens is 1. The topological polar surface area (TPSA) is 38.1 Å². The molecule has 1 aliphatic heterocycles. The fraction of sp³-hybridized carbons (Fsp3) is 0.364. The van der Waals surface area contributed by atoms with Gasteiger partial charge in [0.1, 0.15) is 11.6 Å².